The summed E-state index contributed by atoms with van der Waals surface area (Å²) < 4.78 is 5.40. The third kappa shape index (κ3) is 5.94. The smallest absolute Gasteiger partial charge is 0.253 e. The number of fused-ring (bicyclic) bond motifs is 1. The maximum atomic E-state index is 13.1. The molecular formula is C34H41N5O3. The Morgan fingerprint density at radius 2 is 1.76 bits per heavy atom. The molecule has 6 rings (SSSR count). The van der Waals surface area contributed by atoms with Crippen LogP contribution in [-0.4, -0.2) is 55.6 Å². The number of piperidine rings is 1. The van der Waals surface area contributed by atoms with E-state index in [9.17, 15) is 9.59 Å². The summed E-state index contributed by atoms with van der Waals surface area (Å²) in [5.74, 6) is 1.97. The summed E-state index contributed by atoms with van der Waals surface area (Å²) >= 11 is 0. The molecule has 2 amide bonds. The van der Waals surface area contributed by atoms with E-state index in [1.165, 1.54) is 18.5 Å². The summed E-state index contributed by atoms with van der Waals surface area (Å²) in [4.78, 5) is 35.5. The minimum atomic E-state index is -0.120. The van der Waals surface area contributed by atoms with Gasteiger partial charge in [-0.05, 0) is 93.3 Å². The van der Waals surface area contributed by atoms with Crippen LogP contribution < -0.4 is 25.2 Å². The monoisotopic (exact) mass is 567 g/mol. The molecule has 0 spiro atoms. The molecule has 3 aliphatic rings. The Bertz CT molecular complexity index is 1400. The minimum Gasteiger partial charge on any atom is -0.496 e. The number of nitrogens with zero attached hydrogens (tertiary/aromatic N) is 3. The molecule has 0 radical (unpaired) electrons. The van der Waals surface area contributed by atoms with Crippen molar-refractivity contribution in [2.75, 3.05) is 36.5 Å². The molecule has 3 fully saturated rings. The van der Waals surface area contributed by atoms with Crippen molar-refractivity contribution in [3.63, 3.8) is 0 Å². The zero-order valence-electron chi connectivity index (χ0n) is 24.6. The lowest BCUT2D eigenvalue weighted by atomic mass is 9.92. The van der Waals surface area contributed by atoms with Gasteiger partial charge in [0.15, 0.2) is 0 Å². The van der Waals surface area contributed by atoms with Crippen LogP contribution in [0.3, 0.4) is 0 Å². The number of hydrogen-bond acceptors (Lipinski definition) is 6. The molecule has 1 aliphatic carbocycles. The van der Waals surface area contributed by atoms with Crippen LogP contribution in [0, 0.1) is 12.8 Å². The number of rotatable bonds is 8. The van der Waals surface area contributed by atoms with Crippen LogP contribution in [0.5, 0.6) is 5.75 Å². The first-order valence-corrected chi connectivity index (χ1v) is 15.3. The van der Waals surface area contributed by atoms with Crippen molar-refractivity contribution in [2.45, 2.75) is 64.1 Å². The highest BCUT2D eigenvalue weighted by Gasteiger charge is 2.41. The van der Waals surface area contributed by atoms with Crippen LogP contribution in [0.4, 0.5) is 11.5 Å². The second-order valence-electron chi connectivity index (χ2n) is 11.9. The Balaban J connectivity index is 1.04. The molecule has 3 aromatic rings. The number of pyridine rings is 1. The van der Waals surface area contributed by atoms with E-state index in [1.807, 2.05) is 37.3 Å². The van der Waals surface area contributed by atoms with Crippen LogP contribution in [0.1, 0.15) is 70.4 Å². The molecule has 3 atom stereocenters. The molecule has 220 valence electrons. The fraction of sp³-hybridized carbons (Fsp3) is 0.441. The highest BCUT2D eigenvalue weighted by atomic mass is 16.5. The van der Waals surface area contributed by atoms with E-state index >= 15 is 0 Å². The number of carbonyl (C=O) groups is 2. The Labute approximate surface area is 248 Å². The summed E-state index contributed by atoms with van der Waals surface area (Å²) in [6.45, 7) is 5.59. The Kier molecular flexibility index (Phi) is 8.31. The zero-order valence-corrected chi connectivity index (χ0v) is 24.6. The number of carbonyl (C=O) groups excluding carboxylic acids is 2. The van der Waals surface area contributed by atoms with Crippen molar-refractivity contribution in [1.82, 2.24) is 15.6 Å². The molecule has 2 N–H and O–H groups in total. The van der Waals surface area contributed by atoms with Gasteiger partial charge in [-0.25, -0.2) is 4.98 Å². The van der Waals surface area contributed by atoms with Crippen molar-refractivity contribution in [3.8, 4) is 5.75 Å². The lowest BCUT2D eigenvalue weighted by molar-refractivity contribution is 0.0932. The van der Waals surface area contributed by atoms with Gasteiger partial charge in [-0.2, -0.15) is 0 Å². The first-order chi connectivity index (χ1) is 20.5. The highest BCUT2D eigenvalue weighted by Crippen LogP contribution is 2.39. The number of ether oxygens (including phenoxy) is 1. The second kappa shape index (κ2) is 12.4. The standard InChI is InChI=1S/C34H41N5O3/c1-23-29(8-5-9-31(23)42-2)34(41)37-27-19-25-7-6-18-39(30(25)20-27)32-15-12-26(22-35-32)33(40)36-21-24-10-13-28(14-11-24)38-16-3-4-17-38/h5,8-15,22,25,27,30H,3-4,6-7,16-21H2,1-2H3,(H,36,40)(H,37,41). The van der Waals surface area contributed by atoms with Gasteiger partial charge in [0.25, 0.3) is 11.8 Å². The first-order valence-electron chi connectivity index (χ1n) is 15.3. The van der Waals surface area contributed by atoms with E-state index < -0.39 is 0 Å². The predicted molar refractivity (Wildman–Crippen MR) is 165 cm³/mol. The molecule has 2 aliphatic heterocycles. The van der Waals surface area contributed by atoms with Gasteiger partial charge in [-0.15, -0.1) is 0 Å². The Morgan fingerprint density at radius 1 is 0.952 bits per heavy atom. The topological polar surface area (TPSA) is 86.8 Å². The lowest BCUT2D eigenvalue weighted by Gasteiger charge is -2.38. The van der Waals surface area contributed by atoms with E-state index in [0.29, 0.717) is 29.6 Å². The average molecular weight is 568 g/mol. The number of aromatic nitrogens is 1. The minimum absolute atomic E-state index is 0.0439. The van der Waals surface area contributed by atoms with Gasteiger partial charge in [-0.1, -0.05) is 18.2 Å². The molecule has 8 heteroatoms. The summed E-state index contributed by atoms with van der Waals surface area (Å²) in [6.07, 6.45) is 8.31. The third-order valence-electron chi connectivity index (χ3n) is 9.28. The quantitative estimate of drug-likeness (QED) is 0.394. The Morgan fingerprint density at radius 3 is 2.50 bits per heavy atom. The molecule has 8 nitrogen and oxygen atoms in total. The molecule has 2 aromatic carbocycles. The predicted octanol–water partition coefficient (Wildman–Crippen LogP) is 5.11. The third-order valence-corrected chi connectivity index (χ3v) is 9.28. The van der Waals surface area contributed by atoms with E-state index in [-0.39, 0.29) is 17.9 Å². The number of nitrogens with one attached hydrogen (secondary N) is 2. The number of methoxy groups -OCH3 is 1. The van der Waals surface area contributed by atoms with Crippen LogP contribution >= 0.6 is 0 Å². The van der Waals surface area contributed by atoms with E-state index in [0.717, 1.165) is 68.0 Å². The van der Waals surface area contributed by atoms with Crippen molar-refractivity contribution < 1.29 is 14.3 Å². The van der Waals surface area contributed by atoms with Crippen LogP contribution in [0.2, 0.25) is 0 Å². The van der Waals surface area contributed by atoms with Gasteiger partial charge in [0.1, 0.15) is 11.6 Å². The van der Waals surface area contributed by atoms with E-state index in [4.69, 9.17) is 9.72 Å². The van der Waals surface area contributed by atoms with Crippen LogP contribution in [0.25, 0.3) is 0 Å². The van der Waals surface area contributed by atoms with Crippen molar-refractivity contribution in [1.29, 1.82) is 0 Å². The fourth-order valence-corrected chi connectivity index (χ4v) is 7.01. The number of hydrogen-bond donors (Lipinski definition) is 2. The van der Waals surface area contributed by atoms with Gasteiger partial charge in [0.05, 0.1) is 12.7 Å². The highest BCUT2D eigenvalue weighted by molar-refractivity contribution is 5.96. The fourth-order valence-electron chi connectivity index (χ4n) is 7.01. The summed E-state index contributed by atoms with van der Waals surface area (Å²) in [7, 11) is 1.63. The maximum Gasteiger partial charge on any atom is 0.253 e. The van der Waals surface area contributed by atoms with Gasteiger partial charge < -0.3 is 25.2 Å². The SMILES string of the molecule is COc1cccc(C(=O)NC2CC3CCCN(c4ccc(C(=O)NCc5ccc(N6CCCC6)cc5)cn4)C3C2)c1C. The molecular weight excluding hydrogens is 526 g/mol. The first kappa shape index (κ1) is 28.1. The van der Waals surface area contributed by atoms with Crippen LogP contribution in [-0.2, 0) is 6.54 Å². The Hall–Kier alpha value is -4.07. The van der Waals surface area contributed by atoms with Crippen molar-refractivity contribution in [2.24, 2.45) is 5.92 Å². The lowest BCUT2D eigenvalue weighted by Crippen LogP contribution is -2.43. The van der Waals surface area contributed by atoms with E-state index in [2.05, 4.69) is 44.7 Å². The number of benzene rings is 2. The van der Waals surface area contributed by atoms with Crippen molar-refractivity contribution in [3.05, 3.63) is 83.0 Å². The van der Waals surface area contributed by atoms with Gasteiger partial charge in [-0.3, -0.25) is 9.59 Å². The van der Waals surface area contributed by atoms with Crippen LogP contribution in [0.15, 0.2) is 60.8 Å². The molecule has 1 saturated carbocycles. The van der Waals surface area contributed by atoms with Gasteiger partial charge in [0, 0.05) is 61.3 Å². The molecule has 2 saturated heterocycles. The molecule has 1 aromatic heterocycles. The van der Waals surface area contributed by atoms with Crippen molar-refractivity contribution >= 4 is 23.3 Å². The molecule has 3 unspecified atom stereocenters. The summed E-state index contributed by atoms with van der Waals surface area (Å²) in [6, 6.07) is 18.4. The summed E-state index contributed by atoms with van der Waals surface area (Å²) in [5.41, 5.74) is 4.42. The largest absolute Gasteiger partial charge is 0.496 e. The number of anilines is 2. The summed E-state index contributed by atoms with van der Waals surface area (Å²) in [5, 5.41) is 6.32. The van der Waals surface area contributed by atoms with Gasteiger partial charge in [0.2, 0.25) is 0 Å². The number of amides is 2. The van der Waals surface area contributed by atoms with Gasteiger partial charge >= 0.3 is 0 Å². The average Bonchev–Trinajstić information content (AvgIpc) is 3.70. The molecule has 3 heterocycles. The normalized spacial score (nSPS) is 21.6. The molecule has 42 heavy (non-hydrogen) atoms. The maximum absolute atomic E-state index is 13.1. The zero-order chi connectivity index (χ0) is 29.1. The molecule has 0 bridgehead atoms. The second-order valence-corrected chi connectivity index (χ2v) is 11.9. The van der Waals surface area contributed by atoms with E-state index in [1.54, 1.807) is 13.3 Å².